The third-order valence-corrected chi connectivity index (χ3v) is 1.77. The molecular formula is C11H12O5. The van der Waals surface area contributed by atoms with E-state index in [9.17, 15) is 9.59 Å². The maximum absolute atomic E-state index is 11.1. The predicted octanol–water partition coefficient (Wildman–Crippen LogP) is 1.85. The highest BCUT2D eigenvalue weighted by Gasteiger charge is 2.11. The Hall–Kier alpha value is -2.04. The molecule has 1 N–H and O–H groups in total. The van der Waals surface area contributed by atoms with Crippen molar-refractivity contribution >= 4 is 12.1 Å². The minimum absolute atomic E-state index is 0.199. The Labute approximate surface area is 92.6 Å². The maximum atomic E-state index is 11.1. The summed E-state index contributed by atoms with van der Waals surface area (Å²) in [5.74, 6) is -0.775. The number of carbonyl (C=O) groups excluding carboxylic acids is 1. The molecule has 0 saturated heterocycles. The number of carboxylic acid groups (broad SMARTS) is 1. The maximum Gasteiger partial charge on any atom is 0.513 e. The second-order valence-corrected chi connectivity index (χ2v) is 2.96. The fraction of sp³-hybridized carbons (Fsp3) is 0.273. The Morgan fingerprint density at radius 2 is 2.00 bits per heavy atom. The zero-order chi connectivity index (χ0) is 12.0. The van der Waals surface area contributed by atoms with Gasteiger partial charge < -0.3 is 14.6 Å². The largest absolute Gasteiger partial charge is 0.513 e. The predicted molar refractivity (Wildman–Crippen MR) is 55.4 cm³/mol. The Bertz CT molecular complexity index is 386. The highest BCUT2D eigenvalue weighted by molar-refractivity contribution is 5.72. The van der Waals surface area contributed by atoms with Crippen LogP contribution in [0.2, 0.25) is 0 Å². The molecule has 1 aromatic rings. The van der Waals surface area contributed by atoms with Gasteiger partial charge >= 0.3 is 12.1 Å². The van der Waals surface area contributed by atoms with Crippen molar-refractivity contribution in [3.63, 3.8) is 0 Å². The van der Waals surface area contributed by atoms with E-state index in [0.29, 0.717) is 5.56 Å². The van der Waals surface area contributed by atoms with Crippen molar-refractivity contribution in [3.8, 4) is 5.75 Å². The molecule has 1 aromatic carbocycles. The average Bonchev–Trinajstić information content (AvgIpc) is 2.20. The summed E-state index contributed by atoms with van der Waals surface area (Å²) < 4.78 is 9.46. The Morgan fingerprint density at radius 1 is 1.31 bits per heavy atom. The van der Waals surface area contributed by atoms with Crippen LogP contribution < -0.4 is 4.74 Å². The highest BCUT2D eigenvalue weighted by Crippen LogP contribution is 2.19. The van der Waals surface area contributed by atoms with Crippen molar-refractivity contribution in [2.24, 2.45) is 0 Å². The SMILES string of the molecule is CCOC(=O)Oc1ccccc1CC(=O)O. The summed E-state index contributed by atoms with van der Waals surface area (Å²) in [6, 6.07) is 6.44. The molecule has 0 saturated carbocycles. The molecule has 0 aliphatic carbocycles. The van der Waals surface area contributed by atoms with Crippen molar-refractivity contribution in [2.75, 3.05) is 6.61 Å². The van der Waals surface area contributed by atoms with E-state index in [0.717, 1.165) is 0 Å². The summed E-state index contributed by atoms with van der Waals surface area (Å²) in [5, 5.41) is 8.66. The van der Waals surface area contributed by atoms with Gasteiger partial charge in [-0.05, 0) is 13.0 Å². The third-order valence-electron chi connectivity index (χ3n) is 1.77. The number of carboxylic acids is 1. The molecule has 0 spiro atoms. The van der Waals surface area contributed by atoms with Gasteiger partial charge in [-0.3, -0.25) is 4.79 Å². The van der Waals surface area contributed by atoms with E-state index in [-0.39, 0.29) is 18.8 Å². The number of carbonyl (C=O) groups is 2. The fourth-order valence-corrected chi connectivity index (χ4v) is 1.15. The summed E-state index contributed by atoms with van der Waals surface area (Å²) in [6.07, 6.45) is -1.03. The number of rotatable bonds is 4. The lowest BCUT2D eigenvalue weighted by atomic mass is 10.1. The molecule has 1 rings (SSSR count). The summed E-state index contributed by atoms with van der Waals surface area (Å²) in [4.78, 5) is 21.6. The molecule has 0 aliphatic heterocycles. The van der Waals surface area contributed by atoms with E-state index in [1.165, 1.54) is 6.07 Å². The van der Waals surface area contributed by atoms with Crippen LogP contribution in [0.4, 0.5) is 4.79 Å². The van der Waals surface area contributed by atoms with Crippen LogP contribution in [0.25, 0.3) is 0 Å². The van der Waals surface area contributed by atoms with E-state index in [4.69, 9.17) is 9.84 Å². The normalized spacial score (nSPS) is 9.56. The molecule has 5 nitrogen and oxygen atoms in total. The van der Waals surface area contributed by atoms with Gasteiger partial charge in [0, 0.05) is 5.56 Å². The molecular weight excluding hydrogens is 212 g/mol. The molecule has 0 radical (unpaired) electrons. The standard InChI is InChI=1S/C11H12O5/c1-2-15-11(14)16-9-6-4-3-5-8(9)7-10(12)13/h3-6H,2,7H2,1H3,(H,12,13). The Kier molecular flexibility index (Phi) is 4.32. The molecule has 5 heteroatoms. The van der Waals surface area contributed by atoms with Crippen LogP contribution >= 0.6 is 0 Å². The number of para-hydroxylation sites is 1. The molecule has 0 bridgehead atoms. The number of hydrogen-bond acceptors (Lipinski definition) is 4. The average molecular weight is 224 g/mol. The van der Waals surface area contributed by atoms with Gasteiger partial charge in [0.05, 0.1) is 13.0 Å². The molecule has 0 amide bonds. The van der Waals surface area contributed by atoms with Crippen molar-refractivity contribution in [2.45, 2.75) is 13.3 Å². The minimum atomic E-state index is -0.986. The van der Waals surface area contributed by atoms with E-state index >= 15 is 0 Å². The van der Waals surface area contributed by atoms with Crippen LogP contribution in [0.15, 0.2) is 24.3 Å². The lowest BCUT2D eigenvalue weighted by Crippen LogP contribution is -2.12. The first-order valence-corrected chi connectivity index (χ1v) is 4.77. The van der Waals surface area contributed by atoms with Gasteiger partial charge in [-0.1, -0.05) is 18.2 Å². The number of benzene rings is 1. The lowest BCUT2D eigenvalue weighted by molar-refractivity contribution is -0.136. The second kappa shape index (κ2) is 5.75. The zero-order valence-electron chi connectivity index (χ0n) is 8.80. The molecule has 0 heterocycles. The van der Waals surface area contributed by atoms with Crippen molar-refractivity contribution in [1.82, 2.24) is 0 Å². The molecule has 16 heavy (non-hydrogen) atoms. The highest BCUT2D eigenvalue weighted by atomic mass is 16.7. The smallest absolute Gasteiger partial charge is 0.481 e. The van der Waals surface area contributed by atoms with Gasteiger partial charge in [-0.15, -0.1) is 0 Å². The molecule has 0 fully saturated rings. The van der Waals surface area contributed by atoms with Crippen molar-refractivity contribution in [1.29, 1.82) is 0 Å². The van der Waals surface area contributed by atoms with Crippen LogP contribution in [0.1, 0.15) is 12.5 Å². The van der Waals surface area contributed by atoms with Gasteiger partial charge in [0.25, 0.3) is 0 Å². The summed E-state index contributed by atoms with van der Waals surface area (Å²) in [6.45, 7) is 1.87. The van der Waals surface area contributed by atoms with Crippen LogP contribution in [0, 0.1) is 0 Å². The zero-order valence-corrected chi connectivity index (χ0v) is 8.80. The van der Waals surface area contributed by atoms with Gasteiger partial charge in [0.1, 0.15) is 5.75 Å². The van der Waals surface area contributed by atoms with E-state index in [1.807, 2.05) is 0 Å². The van der Waals surface area contributed by atoms with Crippen LogP contribution in [-0.2, 0) is 16.0 Å². The van der Waals surface area contributed by atoms with E-state index in [1.54, 1.807) is 25.1 Å². The third kappa shape index (κ3) is 3.61. The molecule has 0 aliphatic rings. The van der Waals surface area contributed by atoms with Crippen LogP contribution in [0.5, 0.6) is 5.75 Å². The Morgan fingerprint density at radius 3 is 2.62 bits per heavy atom. The van der Waals surface area contributed by atoms with Gasteiger partial charge in [-0.25, -0.2) is 4.79 Å². The molecule has 0 unspecified atom stereocenters. The Balaban J connectivity index is 2.78. The monoisotopic (exact) mass is 224 g/mol. The topological polar surface area (TPSA) is 72.8 Å². The fourth-order valence-electron chi connectivity index (χ4n) is 1.15. The molecule has 0 aromatic heterocycles. The van der Waals surface area contributed by atoms with Gasteiger partial charge in [-0.2, -0.15) is 0 Å². The summed E-state index contributed by atoms with van der Waals surface area (Å²) in [7, 11) is 0. The van der Waals surface area contributed by atoms with E-state index < -0.39 is 12.1 Å². The quantitative estimate of drug-likeness (QED) is 0.624. The first-order chi connectivity index (χ1) is 7.63. The summed E-state index contributed by atoms with van der Waals surface area (Å²) >= 11 is 0. The van der Waals surface area contributed by atoms with Crippen molar-refractivity contribution in [3.05, 3.63) is 29.8 Å². The van der Waals surface area contributed by atoms with Crippen molar-refractivity contribution < 1.29 is 24.2 Å². The van der Waals surface area contributed by atoms with E-state index in [2.05, 4.69) is 4.74 Å². The molecule has 86 valence electrons. The lowest BCUT2D eigenvalue weighted by Gasteiger charge is -2.07. The second-order valence-electron chi connectivity index (χ2n) is 2.96. The van der Waals surface area contributed by atoms with Crippen LogP contribution in [0.3, 0.4) is 0 Å². The molecule has 0 atom stereocenters. The van der Waals surface area contributed by atoms with Gasteiger partial charge in [0.2, 0.25) is 0 Å². The number of ether oxygens (including phenoxy) is 2. The van der Waals surface area contributed by atoms with Crippen LogP contribution in [-0.4, -0.2) is 23.8 Å². The minimum Gasteiger partial charge on any atom is -0.481 e. The first-order valence-electron chi connectivity index (χ1n) is 4.77. The number of hydrogen-bond donors (Lipinski definition) is 1. The summed E-state index contributed by atoms with van der Waals surface area (Å²) in [5.41, 5.74) is 0.433. The van der Waals surface area contributed by atoms with Gasteiger partial charge in [0.15, 0.2) is 0 Å². The number of aliphatic carboxylic acids is 1. The first kappa shape index (κ1) is 12.0.